The fourth-order valence-corrected chi connectivity index (χ4v) is 3.62. The second-order valence-corrected chi connectivity index (χ2v) is 7.59. The topological polar surface area (TPSA) is 70.5 Å². The van der Waals surface area contributed by atoms with Crippen LogP contribution in [0.15, 0.2) is 61.1 Å². The molecule has 7 nitrogen and oxygen atoms in total. The molecule has 2 aromatic carbocycles. The van der Waals surface area contributed by atoms with Gasteiger partial charge in [-0.3, -0.25) is 14.2 Å². The van der Waals surface area contributed by atoms with Gasteiger partial charge in [0.1, 0.15) is 11.5 Å². The highest BCUT2D eigenvalue weighted by molar-refractivity contribution is 6.30. The van der Waals surface area contributed by atoms with Gasteiger partial charge in [-0.2, -0.15) is 0 Å². The van der Waals surface area contributed by atoms with Crippen molar-refractivity contribution >= 4 is 29.1 Å². The second kappa shape index (κ2) is 9.18. The van der Waals surface area contributed by atoms with E-state index < -0.39 is 5.91 Å². The van der Waals surface area contributed by atoms with Crippen LogP contribution >= 0.6 is 11.6 Å². The maximum Gasteiger partial charge on any atom is 0.270 e. The van der Waals surface area contributed by atoms with Crippen LogP contribution in [-0.4, -0.2) is 59.0 Å². The van der Waals surface area contributed by atoms with E-state index in [9.17, 15) is 14.0 Å². The third-order valence-corrected chi connectivity index (χ3v) is 5.45. The van der Waals surface area contributed by atoms with Crippen molar-refractivity contribution in [2.24, 2.45) is 0 Å². The molecule has 2 heterocycles. The number of anilines is 1. The van der Waals surface area contributed by atoms with Gasteiger partial charge in [0.25, 0.3) is 5.91 Å². The first kappa shape index (κ1) is 20.9. The smallest absolute Gasteiger partial charge is 0.270 e. The summed E-state index contributed by atoms with van der Waals surface area (Å²) in [5, 5.41) is 3.35. The molecule has 160 valence electrons. The number of rotatable bonds is 5. The van der Waals surface area contributed by atoms with E-state index in [1.165, 1.54) is 24.7 Å². The average Bonchev–Trinajstić information content (AvgIpc) is 3.28. The molecule has 0 aliphatic carbocycles. The SMILES string of the molecule is O=C(NCC(=O)N1CCN(c2ccc(Cl)cc2)CC1)c1cncn1-c1ccc(F)cc1. The summed E-state index contributed by atoms with van der Waals surface area (Å²) < 4.78 is 14.7. The average molecular weight is 442 g/mol. The first-order valence-corrected chi connectivity index (χ1v) is 10.2. The number of piperazine rings is 1. The largest absolute Gasteiger partial charge is 0.368 e. The van der Waals surface area contributed by atoms with Gasteiger partial charge in [0, 0.05) is 42.6 Å². The standard InChI is InChI=1S/C22H21ClFN5O2/c23-16-1-5-18(6-2-16)27-9-11-28(12-10-27)21(30)14-26-22(31)20-13-25-15-29(20)19-7-3-17(24)4-8-19/h1-8,13,15H,9-12,14H2,(H,26,31). The Morgan fingerprint density at radius 1 is 0.968 bits per heavy atom. The van der Waals surface area contributed by atoms with Crippen LogP contribution < -0.4 is 10.2 Å². The molecule has 3 aromatic rings. The summed E-state index contributed by atoms with van der Waals surface area (Å²) >= 11 is 5.94. The number of halogens is 2. The third-order valence-electron chi connectivity index (χ3n) is 5.20. The zero-order chi connectivity index (χ0) is 21.8. The van der Waals surface area contributed by atoms with Crippen LogP contribution in [0, 0.1) is 5.82 Å². The third kappa shape index (κ3) is 4.86. The molecule has 1 N–H and O–H groups in total. The molecule has 0 unspecified atom stereocenters. The minimum atomic E-state index is -0.421. The number of hydrogen-bond donors (Lipinski definition) is 1. The molecule has 1 aliphatic heterocycles. The lowest BCUT2D eigenvalue weighted by atomic mass is 10.2. The highest BCUT2D eigenvalue weighted by atomic mass is 35.5. The molecule has 1 saturated heterocycles. The van der Waals surface area contributed by atoms with Gasteiger partial charge in [0.2, 0.25) is 5.91 Å². The zero-order valence-corrected chi connectivity index (χ0v) is 17.4. The van der Waals surface area contributed by atoms with Gasteiger partial charge in [-0.05, 0) is 48.5 Å². The minimum Gasteiger partial charge on any atom is -0.368 e. The molecule has 0 atom stereocenters. The molecule has 0 saturated carbocycles. The Labute approximate surface area is 184 Å². The summed E-state index contributed by atoms with van der Waals surface area (Å²) in [6.07, 6.45) is 2.88. The normalized spacial score (nSPS) is 13.9. The maximum absolute atomic E-state index is 13.2. The van der Waals surface area contributed by atoms with Gasteiger partial charge < -0.3 is 15.1 Å². The summed E-state index contributed by atoms with van der Waals surface area (Å²) in [7, 11) is 0. The number of imidazole rings is 1. The van der Waals surface area contributed by atoms with E-state index in [2.05, 4.69) is 15.2 Å². The monoisotopic (exact) mass is 441 g/mol. The number of carbonyl (C=O) groups is 2. The lowest BCUT2D eigenvalue weighted by Gasteiger charge is -2.36. The van der Waals surface area contributed by atoms with Gasteiger partial charge in [0.05, 0.1) is 19.1 Å². The fraction of sp³-hybridized carbons (Fsp3) is 0.227. The summed E-state index contributed by atoms with van der Waals surface area (Å²) in [5.41, 5.74) is 1.94. The van der Waals surface area contributed by atoms with Gasteiger partial charge in [-0.1, -0.05) is 11.6 Å². The van der Waals surface area contributed by atoms with Gasteiger partial charge >= 0.3 is 0 Å². The van der Waals surface area contributed by atoms with Crippen molar-refractivity contribution in [3.63, 3.8) is 0 Å². The predicted molar refractivity (Wildman–Crippen MR) is 116 cm³/mol. The van der Waals surface area contributed by atoms with E-state index in [1.807, 2.05) is 24.3 Å². The van der Waals surface area contributed by atoms with Crippen molar-refractivity contribution in [2.75, 3.05) is 37.6 Å². The lowest BCUT2D eigenvalue weighted by molar-refractivity contribution is -0.130. The molecule has 31 heavy (non-hydrogen) atoms. The van der Waals surface area contributed by atoms with E-state index in [0.717, 1.165) is 5.69 Å². The summed E-state index contributed by atoms with van der Waals surface area (Å²) in [6, 6.07) is 13.3. The van der Waals surface area contributed by atoms with E-state index in [-0.39, 0.29) is 24.0 Å². The Hall–Kier alpha value is -3.39. The summed E-state index contributed by atoms with van der Waals surface area (Å²) in [4.78, 5) is 33.1. The highest BCUT2D eigenvalue weighted by Crippen LogP contribution is 2.19. The molecule has 9 heteroatoms. The van der Waals surface area contributed by atoms with Crippen LogP contribution in [0.5, 0.6) is 0 Å². The van der Waals surface area contributed by atoms with Crippen molar-refractivity contribution in [2.45, 2.75) is 0 Å². The number of hydrogen-bond acceptors (Lipinski definition) is 4. The van der Waals surface area contributed by atoms with Gasteiger partial charge in [0.15, 0.2) is 0 Å². The lowest BCUT2D eigenvalue weighted by Crippen LogP contribution is -2.51. The Bertz CT molecular complexity index is 1060. The summed E-state index contributed by atoms with van der Waals surface area (Å²) in [6.45, 7) is 2.46. The maximum atomic E-state index is 13.2. The molecule has 0 spiro atoms. The number of benzene rings is 2. The number of aromatic nitrogens is 2. The van der Waals surface area contributed by atoms with Gasteiger partial charge in [-0.25, -0.2) is 9.37 Å². The molecule has 0 bridgehead atoms. The van der Waals surface area contributed by atoms with E-state index in [0.29, 0.717) is 36.9 Å². The Kier molecular flexibility index (Phi) is 6.18. The van der Waals surface area contributed by atoms with Crippen molar-refractivity contribution < 1.29 is 14.0 Å². The minimum absolute atomic E-state index is 0.103. The Morgan fingerprint density at radius 2 is 1.61 bits per heavy atom. The quantitative estimate of drug-likeness (QED) is 0.661. The molecule has 1 aromatic heterocycles. The second-order valence-electron chi connectivity index (χ2n) is 7.15. The first-order chi connectivity index (χ1) is 15.0. The van der Waals surface area contributed by atoms with Crippen molar-refractivity contribution in [3.8, 4) is 5.69 Å². The van der Waals surface area contributed by atoms with Crippen LogP contribution in [0.3, 0.4) is 0 Å². The number of amides is 2. The van der Waals surface area contributed by atoms with Crippen molar-refractivity contribution in [1.29, 1.82) is 0 Å². The van der Waals surface area contributed by atoms with Gasteiger partial charge in [-0.15, -0.1) is 0 Å². The number of nitrogens with zero attached hydrogens (tertiary/aromatic N) is 4. The van der Waals surface area contributed by atoms with Crippen LogP contribution in [0.1, 0.15) is 10.5 Å². The number of carbonyl (C=O) groups excluding carboxylic acids is 2. The Balaban J connectivity index is 1.31. The highest BCUT2D eigenvalue weighted by Gasteiger charge is 2.22. The molecular weight excluding hydrogens is 421 g/mol. The van der Waals surface area contributed by atoms with Crippen LogP contribution in [-0.2, 0) is 4.79 Å². The predicted octanol–water partition coefficient (Wildman–Crippen LogP) is 2.74. The van der Waals surface area contributed by atoms with Crippen LogP contribution in [0.2, 0.25) is 5.02 Å². The Morgan fingerprint density at radius 3 is 2.29 bits per heavy atom. The van der Waals surface area contributed by atoms with E-state index in [1.54, 1.807) is 21.6 Å². The molecule has 1 fully saturated rings. The van der Waals surface area contributed by atoms with E-state index >= 15 is 0 Å². The molecule has 4 rings (SSSR count). The molecule has 2 amide bonds. The molecular formula is C22H21ClFN5O2. The van der Waals surface area contributed by atoms with Crippen molar-refractivity contribution in [1.82, 2.24) is 19.8 Å². The molecule has 0 radical (unpaired) electrons. The zero-order valence-electron chi connectivity index (χ0n) is 16.7. The fourth-order valence-electron chi connectivity index (χ4n) is 3.49. The van der Waals surface area contributed by atoms with Crippen LogP contribution in [0.25, 0.3) is 5.69 Å². The number of nitrogens with one attached hydrogen (secondary N) is 1. The summed E-state index contributed by atoms with van der Waals surface area (Å²) in [5.74, 6) is -0.927. The van der Waals surface area contributed by atoms with Crippen LogP contribution in [0.4, 0.5) is 10.1 Å². The van der Waals surface area contributed by atoms with E-state index in [4.69, 9.17) is 11.6 Å². The molecule has 1 aliphatic rings. The van der Waals surface area contributed by atoms with Crippen molar-refractivity contribution in [3.05, 3.63) is 77.6 Å². The first-order valence-electron chi connectivity index (χ1n) is 9.86.